The molecule has 1 aliphatic carbocycles. The van der Waals surface area contributed by atoms with Crippen molar-refractivity contribution >= 4 is 11.4 Å². The van der Waals surface area contributed by atoms with E-state index in [9.17, 15) is 5.26 Å². The fourth-order valence-corrected chi connectivity index (χ4v) is 3.62. The molecule has 30 heavy (non-hydrogen) atoms. The number of allylic oxidation sites excluding steroid dienone is 5. The molecule has 0 unspecified atom stereocenters. The minimum atomic E-state index is 0.00813. The molecule has 0 aromatic heterocycles. The average Bonchev–Trinajstić information content (AvgIpc) is 2.95. The maximum Gasteiger partial charge on any atom is 0.0998 e. The predicted octanol–water partition coefficient (Wildman–Crippen LogP) is 7.40. The molecule has 0 N–H and O–H groups in total. The Morgan fingerprint density at radius 2 is 1.53 bits per heavy atom. The van der Waals surface area contributed by atoms with E-state index in [1.54, 1.807) is 0 Å². The number of hydrogen-bond acceptors (Lipinski definition) is 2. The van der Waals surface area contributed by atoms with Crippen molar-refractivity contribution in [2.24, 2.45) is 5.41 Å². The predicted molar refractivity (Wildman–Crippen MR) is 125 cm³/mol. The highest BCUT2D eigenvalue weighted by molar-refractivity contribution is 5.78. The molecule has 0 saturated heterocycles. The number of hydrogen-bond donors (Lipinski definition) is 0. The molecule has 4 rings (SSSR count). The van der Waals surface area contributed by atoms with E-state index in [4.69, 9.17) is 0 Å². The first-order valence-electron chi connectivity index (χ1n) is 10.1. The highest BCUT2D eigenvalue weighted by Crippen LogP contribution is 2.35. The highest BCUT2D eigenvalue weighted by Gasteiger charge is 2.17. The molecule has 0 amide bonds. The maximum absolute atomic E-state index is 9.53. The maximum atomic E-state index is 9.53. The van der Waals surface area contributed by atoms with Gasteiger partial charge in [-0.25, -0.2) is 0 Å². The van der Waals surface area contributed by atoms with Gasteiger partial charge in [0.15, 0.2) is 0 Å². The monoisotopic (exact) mass is 388 g/mol. The van der Waals surface area contributed by atoms with Gasteiger partial charge in [0.2, 0.25) is 0 Å². The van der Waals surface area contributed by atoms with E-state index in [0.717, 1.165) is 28.2 Å². The normalized spacial score (nSPS) is 14.5. The quantitative estimate of drug-likeness (QED) is 0.465. The van der Waals surface area contributed by atoms with E-state index >= 15 is 0 Å². The molecule has 0 atom stereocenters. The van der Waals surface area contributed by atoms with Crippen molar-refractivity contribution in [3.63, 3.8) is 0 Å². The van der Waals surface area contributed by atoms with E-state index in [-0.39, 0.29) is 5.41 Å². The zero-order valence-electron chi connectivity index (χ0n) is 17.3. The van der Waals surface area contributed by atoms with Crippen molar-refractivity contribution < 1.29 is 0 Å². The van der Waals surface area contributed by atoms with Crippen LogP contribution in [0, 0.1) is 16.7 Å². The van der Waals surface area contributed by atoms with Crippen LogP contribution < -0.4 is 4.90 Å². The first kappa shape index (κ1) is 19.5. The van der Waals surface area contributed by atoms with Crippen molar-refractivity contribution in [3.05, 3.63) is 121 Å². The number of para-hydroxylation sites is 1. The zero-order chi connectivity index (χ0) is 21.0. The Kier molecular flexibility index (Phi) is 5.37. The third-order valence-electron chi connectivity index (χ3n) is 5.21. The average molecular weight is 389 g/mol. The number of benzene rings is 3. The second-order valence-corrected chi connectivity index (χ2v) is 7.98. The molecule has 2 heteroatoms. The number of anilines is 2. The van der Waals surface area contributed by atoms with Crippen LogP contribution in [0.1, 0.15) is 19.4 Å². The van der Waals surface area contributed by atoms with Crippen molar-refractivity contribution in [3.8, 4) is 17.2 Å². The molecule has 0 radical (unpaired) electrons. The topological polar surface area (TPSA) is 27.0 Å². The Morgan fingerprint density at radius 3 is 2.33 bits per heavy atom. The van der Waals surface area contributed by atoms with Crippen LogP contribution in [-0.2, 0) is 0 Å². The van der Waals surface area contributed by atoms with Gasteiger partial charge in [0.05, 0.1) is 11.6 Å². The summed E-state index contributed by atoms with van der Waals surface area (Å²) in [7, 11) is 0. The van der Waals surface area contributed by atoms with Crippen LogP contribution >= 0.6 is 0 Å². The van der Waals surface area contributed by atoms with Crippen LogP contribution in [0.5, 0.6) is 0 Å². The summed E-state index contributed by atoms with van der Waals surface area (Å²) in [5.41, 5.74) is 5.89. The fraction of sp³-hybridized carbons (Fsp3) is 0.107. The summed E-state index contributed by atoms with van der Waals surface area (Å²) in [4.78, 5) is 2.25. The standard InChI is InChI=1S/C28H24N2/c1-28(2)18-9-15-25(17-19-28)30(24-12-4-3-5-13-24)26-14-8-11-22(20-26)27-16-7-6-10-23(27)21-29/h3-20H,1-2H3. The van der Waals surface area contributed by atoms with Gasteiger partial charge in [0.1, 0.15) is 0 Å². The summed E-state index contributed by atoms with van der Waals surface area (Å²) in [6, 6.07) is 28.8. The molecule has 3 aromatic carbocycles. The smallest absolute Gasteiger partial charge is 0.0998 e. The van der Waals surface area contributed by atoms with Crippen LogP contribution in [0.2, 0.25) is 0 Å². The van der Waals surface area contributed by atoms with Gasteiger partial charge in [-0.15, -0.1) is 0 Å². The van der Waals surface area contributed by atoms with E-state index < -0.39 is 0 Å². The first-order chi connectivity index (χ1) is 14.6. The lowest BCUT2D eigenvalue weighted by atomic mass is 9.93. The molecule has 0 saturated carbocycles. The zero-order valence-corrected chi connectivity index (χ0v) is 17.3. The second-order valence-electron chi connectivity index (χ2n) is 7.98. The minimum absolute atomic E-state index is 0.00813. The third kappa shape index (κ3) is 4.11. The molecular formula is C28H24N2. The Balaban J connectivity index is 1.85. The molecule has 0 bridgehead atoms. The van der Waals surface area contributed by atoms with Crippen LogP contribution in [-0.4, -0.2) is 0 Å². The first-order valence-corrected chi connectivity index (χ1v) is 10.1. The number of nitriles is 1. The van der Waals surface area contributed by atoms with Gasteiger partial charge < -0.3 is 4.90 Å². The van der Waals surface area contributed by atoms with E-state index in [0.29, 0.717) is 5.56 Å². The lowest BCUT2D eigenvalue weighted by Gasteiger charge is -2.27. The Hall–Kier alpha value is -3.83. The third-order valence-corrected chi connectivity index (χ3v) is 5.21. The van der Waals surface area contributed by atoms with Crippen molar-refractivity contribution in [2.75, 3.05) is 4.90 Å². The number of nitrogens with zero attached hydrogens (tertiary/aromatic N) is 2. The summed E-state index contributed by atoms with van der Waals surface area (Å²) in [5.74, 6) is 0. The van der Waals surface area contributed by atoms with Gasteiger partial charge in [-0.2, -0.15) is 5.26 Å². The SMILES string of the molecule is CC1(C)C=CC=C(N(c2ccccc2)c2cccc(-c3ccccc3C#N)c2)C=C1. The molecule has 0 spiro atoms. The van der Waals surface area contributed by atoms with Gasteiger partial charge in [-0.05, 0) is 53.6 Å². The van der Waals surface area contributed by atoms with Gasteiger partial charge in [0.25, 0.3) is 0 Å². The van der Waals surface area contributed by atoms with E-state index in [1.807, 2.05) is 30.3 Å². The summed E-state index contributed by atoms with van der Waals surface area (Å²) >= 11 is 0. The second kappa shape index (κ2) is 8.27. The van der Waals surface area contributed by atoms with E-state index in [2.05, 4.69) is 104 Å². The summed E-state index contributed by atoms with van der Waals surface area (Å²) in [5, 5.41) is 9.53. The van der Waals surface area contributed by atoms with Gasteiger partial charge in [0, 0.05) is 22.5 Å². The molecule has 0 heterocycles. The fourth-order valence-electron chi connectivity index (χ4n) is 3.62. The molecule has 0 aliphatic heterocycles. The molecule has 0 fully saturated rings. The Morgan fingerprint density at radius 1 is 0.800 bits per heavy atom. The number of rotatable bonds is 4. The molecule has 2 nitrogen and oxygen atoms in total. The van der Waals surface area contributed by atoms with Gasteiger partial charge in [-0.1, -0.05) is 80.6 Å². The van der Waals surface area contributed by atoms with Crippen molar-refractivity contribution in [2.45, 2.75) is 13.8 Å². The lowest BCUT2D eigenvalue weighted by Crippen LogP contribution is -2.15. The van der Waals surface area contributed by atoms with Gasteiger partial charge in [-0.3, -0.25) is 0 Å². The molecule has 1 aliphatic rings. The van der Waals surface area contributed by atoms with E-state index in [1.165, 1.54) is 0 Å². The van der Waals surface area contributed by atoms with Crippen LogP contribution in [0.4, 0.5) is 11.4 Å². The summed E-state index contributed by atoms with van der Waals surface area (Å²) in [6.45, 7) is 4.40. The molecule has 146 valence electrons. The molecule has 3 aromatic rings. The Bertz CT molecular complexity index is 1170. The van der Waals surface area contributed by atoms with Crippen molar-refractivity contribution in [1.29, 1.82) is 5.26 Å². The van der Waals surface area contributed by atoms with Gasteiger partial charge >= 0.3 is 0 Å². The largest absolute Gasteiger partial charge is 0.310 e. The van der Waals surface area contributed by atoms with Crippen LogP contribution in [0.15, 0.2) is 115 Å². The molecular weight excluding hydrogens is 364 g/mol. The Labute approximate surface area is 178 Å². The summed E-state index contributed by atoms with van der Waals surface area (Å²) in [6.07, 6.45) is 10.9. The van der Waals surface area contributed by atoms with Crippen LogP contribution in [0.25, 0.3) is 11.1 Å². The van der Waals surface area contributed by atoms with Crippen LogP contribution in [0.3, 0.4) is 0 Å². The minimum Gasteiger partial charge on any atom is -0.310 e. The van der Waals surface area contributed by atoms with Crippen molar-refractivity contribution in [1.82, 2.24) is 0 Å². The summed E-state index contributed by atoms with van der Waals surface area (Å²) < 4.78 is 0. The highest BCUT2D eigenvalue weighted by atomic mass is 15.1. The lowest BCUT2D eigenvalue weighted by molar-refractivity contribution is 0.627.